The molecule has 0 unspecified atom stereocenters. The van der Waals surface area contributed by atoms with E-state index in [1.165, 1.54) is 18.2 Å². The normalized spacial score (nSPS) is 11.0. The molecule has 2 aromatic carbocycles. The van der Waals surface area contributed by atoms with Gasteiger partial charge in [-0.3, -0.25) is 15.0 Å². The lowest BCUT2D eigenvalue weighted by Crippen LogP contribution is -2.37. The van der Waals surface area contributed by atoms with Gasteiger partial charge in [0.05, 0.1) is 33.8 Å². The Morgan fingerprint density at radius 1 is 1.18 bits per heavy atom. The topological polar surface area (TPSA) is 139 Å². The third-order valence-corrected chi connectivity index (χ3v) is 6.02. The summed E-state index contributed by atoms with van der Waals surface area (Å²) in [5.41, 5.74) is 1.58. The Labute approximate surface area is 228 Å². The van der Waals surface area contributed by atoms with Gasteiger partial charge in [-0.05, 0) is 67.7 Å². The molecule has 38 heavy (non-hydrogen) atoms. The maximum atomic E-state index is 13.4. The first-order valence-electron chi connectivity index (χ1n) is 11.7. The molecule has 10 nitrogen and oxygen atoms in total. The Balaban J connectivity index is 2.12. The summed E-state index contributed by atoms with van der Waals surface area (Å²) in [5.74, 6) is -0.799. The van der Waals surface area contributed by atoms with Crippen LogP contribution in [0.3, 0.4) is 0 Å². The van der Waals surface area contributed by atoms with Gasteiger partial charge in [-0.1, -0.05) is 30.3 Å². The van der Waals surface area contributed by atoms with Crippen LogP contribution in [0.5, 0.6) is 0 Å². The first kappa shape index (κ1) is 28.4. The Hall–Kier alpha value is -4.17. The molecule has 0 aliphatic heterocycles. The first-order valence-corrected chi connectivity index (χ1v) is 12.5. The highest BCUT2D eigenvalue weighted by Crippen LogP contribution is 2.36. The van der Waals surface area contributed by atoms with Crippen molar-refractivity contribution in [2.24, 2.45) is 0 Å². The number of nitrogens with zero attached hydrogens (tertiary/aromatic N) is 3. The number of para-hydroxylation sites is 1. The van der Waals surface area contributed by atoms with E-state index in [0.29, 0.717) is 21.3 Å². The number of carbonyl (C=O) groups is 2. The van der Waals surface area contributed by atoms with Crippen LogP contribution in [0.2, 0.25) is 0 Å². The average molecular weight is 583 g/mol. The molecular weight excluding hydrogens is 556 g/mol. The van der Waals surface area contributed by atoms with Gasteiger partial charge in [0, 0.05) is 17.3 Å². The number of halogens is 1. The number of amides is 1. The zero-order chi connectivity index (χ0) is 28.2. The molecule has 1 aromatic heterocycles. The minimum Gasteiger partial charge on any atom is -0.462 e. The number of H-pyrrole nitrogens is 1. The number of aromatic nitrogens is 1. The van der Waals surface area contributed by atoms with Crippen molar-refractivity contribution in [3.05, 3.63) is 79.6 Å². The van der Waals surface area contributed by atoms with Crippen LogP contribution >= 0.6 is 15.9 Å². The molecular formula is C27H27BrN4O6. The van der Waals surface area contributed by atoms with E-state index in [-0.39, 0.29) is 24.4 Å². The summed E-state index contributed by atoms with van der Waals surface area (Å²) < 4.78 is 11.3. The monoisotopic (exact) mass is 582 g/mol. The van der Waals surface area contributed by atoms with Crippen LogP contribution in [0.25, 0.3) is 11.1 Å². The molecule has 0 fully saturated rings. The maximum Gasteiger partial charge on any atom is 0.415 e. The van der Waals surface area contributed by atoms with Crippen LogP contribution < -0.4 is 4.90 Å². The highest BCUT2D eigenvalue weighted by molar-refractivity contribution is 9.10. The largest absolute Gasteiger partial charge is 0.462 e. The van der Waals surface area contributed by atoms with E-state index in [1.54, 1.807) is 58.9 Å². The molecule has 0 spiro atoms. The van der Waals surface area contributed by atoms with Crippen molar-refractivity contribution < 1.29 is 24.0 Å². The summed E-state index contributed by atoms with van der Waals surface area (Å²) in [5, 5.41) is 21.5. The number of nitro groups is 1. The number of anilines is 1. The van der Waals surface area contributed by atoms with E-state index in [4.69, 9.17) is 9.47 Å². The molecule has 3 rings (SSSR count). The minimum atomic E-state index is -0.904. The molecule has 0 radical (unpaired) electrons. The minimum absolute atomic E-state index is 0.0493. The predicted octanol–water partition coefficient (Wildman–Crippen LogP) is 6.65. The number of benzene rings is 2. The Bertz CT molecular complexity index is 1420. The molecule has 0 saturated heterocycles. The predicted molar refractivity (Wildman–Crippen MR) is 145 cm³/mol. The van der Waals surface area contributed by atoms with Crippen LogP contribution in [0, 0.1) is 28.4 Å². The third-order valence-electron chi connectivity index (χ3n) is 5.43. The van der Waals surface area contributed by atoms with Gasteiger partial charge in [0.2, 0.25) is 0 Å². The van der Waals surface area contributed by atoms with Gasteiger partial charge < -0.3 is 14.5 Å². The van der Waals surface area contributed by atoms with Crippen molar-refractivity contribution in [1.82, 2.24) is 4.98 Å². The molecule has 1 heterocycles. The van der Waals surface area contributed by atoms with Crippen LogP contribution in [0.1, 0.15) is 54.9 Å². The zero-order valence-electron chi connectivity index (χ0n) is 21.6. The molecule has 198 valence electrons. The molecule has 0 bridgehead atoms. The number of carbonyl (C=O) groups excluding carboxylic acids is 2. The molecule has 1 amide bonds. The summed E-state index contributed by atoms with van der Waals surface area (Å²) in [4.78, 5) is 41.6. The Morgan fingerprint density at radius 3 is 2.39 bits per heavy atom. The molecule has 0 aliphatic carbocycles. The van der Waals surface area contributed by atoms with Crippen molar-refractivity contribution in [3.8, 4) is 17.2 Å². The second kappa shape index (κ2) is 11.5. The van der Waals surface area contributed by atoms with Crippen LogP contribution in [-0.4, -0.2) is 34.2 Å². The number of aryl methyl sites for hydroxylation is 1. The third kappa shape index (κ3) is 6.20. The number of nitrogens with one attached hydrogen (secondary N) is 1. The fourth-order valence-electron chi connectivity index (χ4n) is 3.84. The van der Waals surface area contributed by atoms with Crippen LogP contribution in [-0.2, 0) is 16.0 Å². The van der Waals surface area contributed by atoms with E-state index in [0.717, 1.165) is 16.2 Å². The molecule has 3 aromatic rings. The van der Waals surface area contributed by atoms with E-state index in [1.807, 2.05) is 0 Å². The number of nitro benzene ring substituents is 1. The Morgan fingerprint density at radius 2 is 1.84 bits per heavy atom. The second-order valence-corrected chi connectivity index (χ2v) is 10.1. The molecule has 0 atom stereocenters. The lowest BCUT2D eigenvalue weighted by molar-refractivity contribution is -0.384. The summed E-state index contributed by atoms with van der Waals surface area (Å²) in [6.45, 7) is 8.35. The summed E-state index contributed by atoms with van der Waals surface area (Å²) in [7, 11) is 0. The fraction of sp³-hybridized carbons (Fsp3) is 0.296. The quantitative estimate of drug-likeness (QED) is 0.187. The highest BCUT2D eigenvalue weighted by Gasteiger charge is 2.33. The lowest BCUT2D eigenvalue weighted by atomic mass is 10.0. The van der Waals surface area contributed by atoms with E-state index in [9.17, 15) is 25.0 Å². The highest BCUT2D eigenvalue weighted by atomic mass is 79.9. The Kier molecular flexibility index (Phi) is 8.58. The number of hydrogen-bond acceptors (Lipinski definition) is 7. The van der Waals surface area contributed by atoms with Crippen LogP contribution in [0.4, 0.5) is 16.2 Å². The van der Waals surface area contributed by atoms with Gasteiger partial charge in [-0.2, -0.15) is 5.26 Å². The molecule has 0 saturated carbocycles. The fourth-order valence-corrected chi connectivity index (χ4v) is 4.57. The molecule has 0 aliphatic rings. The summed E-state index contributed by atoms with van der Waals surface area (Å²) in [6.07, 6.45) is -0.864. The van der Waals surface area contributed by atoms with Crippen molar-refractivity contribution in [1.29, 1.82) is 5.26 Å². The number of ether oxygens (including phenoxy) is 2. The first-order chi connectivity index (χ1) is 17.9. The van der Waals surface area contributed by atoms with E-state index < -0.39 is 28.3 Å². The van der Waals surface area contributed by atoms with Crippen molar-refractivity contribution in [2.45, 2.75) is 46.8 Å². The molecule has 11 heteroatoms. The zero-order valence-corrected chi connectivity index (χ0v) is 23.2. The average Bonchev–Trinajstić information content (AvgIpc) is 3.14. The van der Waals surface area contributed by atoms with Gasteiger partial charge >= 0.3 is 12.1 Å². The number of esters is 1. The van der Waals surface area contributed by atoms with Crippen molar-refractivity contribution >= 4 is 39.4 Å². The van der Waals surface area contributed by atoms with Gasteiger partial charge in [-0.15, -0.1) is 0 Å². The number of hydrogen-bond donors (Lipinski definition) is 1. The van der Waals surface area contributed by atoms with Crippen molar-refractivity contribution in [2.75, 3.05) is 11.5 Å². The second-order valence-electron chi connectivity index (χ2n) is 9.34. The number of aromatic amines is 1. The van der Waals surface area contributed by atoms with Crippen molar-refractivity contribution in [3.63, 3.8) is 0 Å². The van der Waals surface area contributed by atoms with Gasteiger partial charge in [0.15, 0.2) is 0 Å². The smallest absolute Gasteiger partial charge is 0.415 e. The van der Waals surface area contributed by atoms with E-state index >= 15 is 0 Å². The number of nitriles is 1. The van der Waals surface area contributed by atoms with Gasteiger partial charge in [0.1, 0.15) is 17.4 Å². The van der Waals surface area contributed by atoms with Crippen LogP contribution in [0.15, 0.2) is 47.1 Å². The van der Waals surface area contributed by atoms with Gasteiger partial charge in [-0.25, -0.2) is 9.59 Å². The summed E-state index contributed by atoms with van der Waals surface area (Å²) in [6, 6.07) is 13.2. The number of rotatable bonds is 7. The maximum absolute atomic E-state index is 13.4. The van der Waals surface area contributed by atoms with Gasteiger partial charge in [0.25, 0.3) is 5.69 Å². The SMILES string of the molecule is CCOC(=O)c1cccc([N+](=O)[O-])c1N(Cc1ccc(-c2c(Br)[nH]c(C)c2C#N)cc1)C(=O)OC(C)(C)C. The standard InChI is InChI=1S/C27H27BrN4O6/c1-6-37-25(33)19-8-7-9-21(32(35)36)23(19)31(26(34)38-27(3,4)5)15-17-10-12-18(13-11-17)22-20(14-29)16(2)30-24(22)28/h7-13,30H,6,15H2,1-5H3. The summed E-state index contributed by atoms with van der Waals surface area (Å²) >= 11 is 3.45. The molecule has 1 N–H and O–H groups in total. The van der Waals surface area contributed by atoms with E-state index in [2.05, 4.69) is 27.0 Å². The lowest BCUT2D eigenvalue weighted by Gasteiger charge is -2.28.